The molecule has 0 saturated carbocycles. The maximum absolute atomic E-state index is 12.3. The summed E-state index contributed by atoms with van der Waals surface area (Å²) < 4.78 is 10.7. The minimum atomic E-state index is -0.402. The Morgan fingerprint density at radius 1 is 1.19 bits per heavy atom. The minimum absolute atomic E-state index is 0.000660. The van der Waals surface area contributed by atoms with Gasteiger partial charge in [0.2, 0.25) is 5.82 Å². The topological polar surface area (TPSA) is 97.6 Å². The number of ether oxygens (including phenoxy) is 1. The van der Waals surface area contributed by atoms with Gasteiger partial charge in [0, 0.05) is 18.7 Å². The number of nitrogens with one attached hydrogen (secondary N) is 1. The Kier molecular flexibility index (Phi) is 6.26. The molecule has 0 atom stereocenters. The number of carbonyl (C=O) groups excluding carboxylic acids is 2. The summed E-state index contributed by atoms with van der Waals surface area (Å²) >= 11 is 0. The molecule has 1 N–H and O–H groups in total. The molecule has 0 radical (unpaired) electrons. The molecule has 0 unspecified atom stereocenters. The number of nitrogens with zero attached hydrogens (tertiary/aromatic N) is 3. The van der Waals surface area contributed by atoms with E-state index in [-0.39, 0.29) is 18.4 Å². The average Bonchev–Trinajstić information content (AvgIpc) is 3.29. The normalized spacial score (nSPS) is 12.9. The standard InChI is InChI=1S/C23H24N4O4/c1-2-13-27-18-11-10-17(14-19(18)30-15-20(27)28)21-25-23(31-26-21)22(29)24-12-6-9-16-7-4-3-5-8-16/h3-5,7-8,10-11,14H,2,6,9,12-13,15H2,1H3,(H,24,29). The number of carbonyl (C=O) groups is 2. The molecule has 0 spiro atoms. The number of hydrogen-bond acceptors (Lipinski definition) is 6. The van der Waals surface area contributed by atoms with Gasteiger partial charge in [-0.15, -0.1) is 0 Å². The first-order valence-corrected chi connectivity index (χ1v) is 10.4. The molecule has 1 aliphatic rings. The molecule has 8 nitrogen and oxygen atoms in total. The molecule has 0 saturated heterocycles. The highest BCUT2D eigenvalue weighted by atomic mass is 16.5. The zero-order chi connectivity index (χ0) is 21.6. The molecule has 31 heavy (non-hydrogen) atoms. The van der Waals surface area contributed by atoms with Crippen LogP contribution in [0.5, 0.6) is 5.75 Å². The maximum atomic E-state index is 12.3. The van der Waals surface area contributed by atoms with Crippen molar-refractivity contribution in [3.05, 3.63) is 60.0 Å². The van der Waals surface area contributed by atoms with Gasteiger partial charge < -0.3 is 19.5 Å². The van der Waals surface area contributed by atoms with Gasteiger partial charge in [-0.1, -0.05) is 42.4 Å². The third kappa shape index (κ3) is 4.74. The number of benzene rings is 2. The van der Waals surface area contributed by atoms with Crippen LogP contribution in [0, 0.1) is 0 Å². The zero-order valence-corrected chi connectivity index (χ0v) is 17.3. The highest BCUT2D eigenvalue weighted by molar-refractivity contribution is 5.98. The van der Waals surface area contributed by atoms with E-state index in [1.807, 2.05) is 25.1 Å². The lowest BCUT2D eigenvalue weighted by Gasteiger charge is -2.29. The van der Waals surface area contributed by atoms with Crippen molar-refractivity contribution in [2.75, 3.05) is 24.6 Å². The van der Waals surface area contributed by atoms with Crippen LogP contribution >= 0.6 is 0 Å². The van der Waals surface area contributed by atoms with E-state index in [2.05, 4.69) is 27.6 Å². The SMILES string of the molecule is CCCN1C(=O)COc2cc(-c3noc(C(=O)NCCCc4ccccc4)n3)ccc21. The van der Waals surface area contributed by atoms with Crippen molar-refractivity contribution in [1.82, 2.24) is 15.5 Å². The number of anilines is 1. The second-order valence-corrected chi connectivity index (χ2v) is 7.28. The second kappa shape index (κ2) is 9.42. The smallest absolute Gasteiger partial charge is 0.316 e. The summed E-state index contributed by atoms with van der Waals surface area (Å²) in [6, 6.07) is 15.5. The molecule has 160 valence electrons. The number of fused-ring (bicyclic) bond motifs is 1. The van der Waals surface area contributed by atoms with Crippen LogP contribution < -0.4 is 15.0 Å². The molecule has 3 aromatic rings. The molecule has 0 bridgehead atoms. The van der Waals surface area contributed by atoms with Crippen LogP contribution in [-0.2, 0) is 11.2 Å². The molecule has 8 heteroatoms. The van der Waals surface area contributed by atoms with Crippen LogP contribution in [0.2, 0.25) is 0 Å². The summed E-state index contributed by atoms with van der Waals surface area (Å²) in [6.07, 6.45) is 2.54. The number of aryl methyl sites for hydroxylation is 1. The Morgan fingerprint density at radius 3 is 2.84 bits per heavy atom. The first-order valence-electron chi connectivity index (χ1n) is 10.4. The molecule has 0 fully saturated rings. The molecular weight excluding hydrogens is 396 g/mol. The van der Waals surface area contributed by atoms with Gasteiger partial charge in [-0.25, -0.2) is 0 Å². The van der Waals surface area contributed by atoms with E-state index in [4.69, 9.17) is 9.26 Å². The molecule has 2 heterocycles. The van der Waals surface area contributed by atoms with E-state index in [0.29, 0.717) is 30.2 Å². The first kappa shape index (κ1) is 20.6. The second-order valence-electron chi connectivity index (χ2n) is 7.28. The highest BCUT2D eigenvalue weighted by Gasteiger charge is 2.26. The number of aromatic nitrogens is 2. The molecule has 1 aromatic heterocycles. The van der Waals surface area contributed by atoms with Gasteiger partial charge in [-0.05, 0) is 43.0 Å². The Balaban J connectivity index is 1.38. The number of rotatable bonds is 8. The van der Waals surface area contributed by atoms with Gasteiger partial charge in [0.25, 0.3) is 5.91 Å². The summed E-state index contributed by atoms with van der Waals surface area (Å²) in [4.78, 5) is 30.3. The zero-order valence-electron chi connectivity index (χ0n) is 17.3. The quantitative estimate of drug-likeness (QED) is 0.562. The summed E-state index contributed by atoms with van der Waals surface area (Å²) in [7, 11) is 0. The largest absolute Gasteiger partial charge is 0.482 e. The summed E-state index contributed by atoms with van der Waals surface area (Å²) in [6.45, 7) is 3.16. The molecule has 2 aromatic carbocycles. The average molecular weight is 420 g/mol. The lowest BCUT2D eigenvalue weighted by molar-refractivity contribution is -0.121. The summed E-state index contributed by atoms with van der Waals surface area (Å²) in [5, 5.41) is 6.72. The summed E-state index contributed by atoms with van der Waals surface area (Å²) in [5.74, 6) is 0.326. The van der Waals surface area contributed by atoms with Crippen LogP contribution in [0.15, 0.2) is 53.1 Å². The van der Waals surface area contributed by atoms with Crippen LogP contribution in [0.3, 0.4) is 0 Å². The van der Waals surface area contributed by atoms with Gasteiger partial charge in [0.15, 0.2) is 6.61 Å². The predicted molar refractivity (Wildman–Crippen MR) is 115 cm³/mol. The third-order valence-electron chi connectivity index (χ3n) is 5.00. The number of hydrogen-bond donors (Lipinski definition) is 1. The van der Waals surface area contributed by atoms with Gasteiger partial charge >= 0.3 is 11.8 Å². The monoisotopic (exact) mass is 420 g/mol. The van der Waals surface area contributed by atoms with E-state index < -0.39 is 5.91 Å². The summed E-state index contributed by atoms with van der Waals surface area (Å²) in [5.41, 5.74) is 2.60. The Hall–Kier alpha value is -3.68. The van der Waals surface area contributed by atoms with Crippen molar-refractivity contribution in [2.24, 2.45) is 0 Å². The molecular formula is C23H24N4O4. The Bertz CT molecular complexity index is 1060. The van der Waals surface area contributed by atoms with Crippen molar-refractivity contribution in [3.63, 3.8) is 0 Å². The van der Waals surface area contributed by atoms with Crippen molar-refractivity contribution < 1.29 is 18.8 Å². The number of amides is 2. The molecule has 4 rings (SSSR count). The molecule has 1 aliphatic heterocycles. The van der Waals surface area contributed by atoms with E-state index >= 15 is 0 Å². The van der Waals surface area contributed by atoms with Gasteiger partial charge in [0.1, 0.15) is 5.75 Å². The Morgan fingerprint density at radius 2 is 2.03 bits per heavy atom. The fourth-order valence-electron chi connectivity index (χ4n) is 3.46. The van der Waals surface area contributed by atoms with E-state index in [0.717, 1.165) is 24.9 Å². The van der Waals surface area contributed by atoms with Crippen molar-refractivity contribution >= 4 is 17.5 Å². The molecule has 2 amide bonds. The lowest BCUT2D eigenvalue weighted by atomic mass is 10.1. The maximum Gasteiger partial charge on any atom is 0.316 e. The van der Waals surface area contributed by atoms with Crippen molar-refractivity contribution in [2.45, 2.75) is 26.2 Å². The fourth-order valence-corrected chi connectivity index (χ4v) is 3.46. The van der Waals surface area contributed by atoms with Crippen molar-refractivity contribution in [3.8, 4) is 17.1 Å². The van der Waals surface area contributed by atoms with Crippen LogP contribution in [0.4, 0.5) is 5.69 Å². The highest BCUT2D eigenvalue weighted by Crippen LogP contribution is 2.35. The van der Waals surface area contributed by atoms with E-state index in [9.17, 15) is 9.59 Å². The first-order chi connectivity index (χ1) is 15.2. The van der Waals surface area contributed by atoms with Gasteiger partial charge in [-0.2, -0.15) is 4.98 Å². The minimum Gasteiger partial charge on any atom is -0.482 e. The van der Waals surface area contributed by atoms with E-state index in [1.165, 1.54) is 5.56 Å². The van der Waals surface area contributed by atoms with Crippen molar-refractivity contribution in [1.29, 1.82) is 0 Å². The van der Waals surface area contributed by atoms with E-state index in [1.54, 1.807) is 23.1 Å². The van der Waals surface area contributed by atoms with Gasteiger partial charge in [0.05, 0.1) is 5.69 Å². The third-order valence-corrected chi connectivity index (χ3v) is 5.00. The van der Waals surface area contributed by atoms with Crippen LogP contribution in [-0.4, -0.2) is 41.7 Å². The lowest BCUT2D eigenvalue weighted by Crippen LogP contribution is -2.39. The predicted octanol–water partition coefficient (Wildman–Crippen LogP) is 3.23. The van der Waals surface area contributed by atoms with Crippen LogP contribution in [0.1, 0.15) is 36.0 Å². The van der Waals surface area contributed by atoms with Gasteiger partial charge in [-0.3, -0.25) is 9.59 Å². The Labute approximate surface area is 180 Å². The fraction of sp³-hybridized carbons (Fsp3) is 0.304. The molecule has 0 aliphatic carbocycles. The van der Waals surface area contributed by atoms with Crippen LogP contribution in [0.25, 0.3) is 11.4 Å².